The third-order valence-electron chi connectivity index (χ3n) is 16.3. The average Bonchev–Trinajstić information content (AvgIpc) is 3.57. The van der Waals surface area contributed by atoms with Gasteiger partial charge in [0.2, 0.25) is 0 Å². The lowest BCUT2D eigenvalue weighted by Crippen LogP contribution is -2.60. The second-order valence-electron chi connectivity index (χ2n) is 19.2. The van der Waals surface area contributed by atoms with Crippen LogP contribution in [0.2, 0.25) is 0 Å². The highest BCUT2D eigenvalue weighted by Gasteiger charge is 2.84. The Morgan fingerprint density at radius 3 is 2.38 bits per heavy atom. The summed E-state index contributed by atoms with van der Waals surface area (Å²) in [6, 6.07) is 0.524. The summed E-state index contributed by atoms with van der Waals surface area (Å²) in [5, 5.41) is 12.5. The number of Topliss-reactive ketones (excluding diaryl/α,β-unsaturated/α-hetero) is 1. The largest absolute Gasteiger partial charge is 0.390 e. The molecule has 3 heterocycles. The lowest BCUT2D eigenvalue weighted by atomic mass is 9.41. The van der Waals surface area contributed by atoms with Crippen LogP contribution in [-0.2, 0) is 23.7 Å². The van der Waals surface area contributed by atoms with E-state index in [0.29, 0.717) is 40.5 Å². The summed E-state index contributed by atoms with van der Waals surface area (Å²) < 4.78 is 25.3. The molecule has 13 atom stereocenters. The first-order valence-corrected chi connectivity index (χ1v) is 18.6. The van der Waals surface area contributed by atoms with Crippen molar-refractivity contribution in [1.29, 1.82) is 0 Å². The molecule has 5 saturated carbocycles. The monoisotopic (exact) mass is 627 g/mol. The Balaban J connectivity index is 1.03. The van der Waals surface area contributed by atoms with Gasteiger partial charge in [0.25, 0.3) is 0 Å². The van der Waals surface area contributed by atoms with Crippen molar-refractivity contribution in [2.45, 2.75) is 144 Å². The number of hydrogen-bond donors (Lipinski definition) is 1. The zero-order valence-electron chi connectivity index (χ0n) is 29.4. The zero-order valence-corrected chi connectivity index (χ0v) is 29.4. The van der Waals surface area contributed by atoms with Crippen LogP contribution >= 0.6 is 0 Å². The van der Waals surface area contributed by atoms with Crippen molar-refractivity contribution in [3.05, 3.63) is 0 Å². The molecule has 0 bridgehead atoms. The van der Waals surface area contributed by atoms with Gasteiger partial charge in [0.05, 0.1) is 50.7 Å². The highest BCUT2D eigenvalue weighted by molar-refractivity contribution is 5.88. The van der Waals surface area contributed by atoms with Gasteiger partial charge in [-0.3, -0.25) is 9.69 Å². The Morgan fingerprint density at radius 1 is 0.978 bits per heavy atom. The van der Waals surface area contributed by atoms with Crippen molar-refractivity contribution < 1.29 is 28.8 Å². The van der Waals surface area contributed by atoms with Gasteiger partial charge in [0.15, 0.2) is 12.1 Å². The van der Waals surface area contributed by atoms with Gasteiger partial charge in [-0.2, -0.15) is 0 Å². The van der Waals surface area contributed by atoms with Crippen LogP contribution in [0.15, 0.2) is 0 Å². The number of aliphatic hydroxyl groups excluding tert-OH is 1. The number of carbonyl (C=O) groups is 1. The number of ketones is 1. The first-order chi connectivity index (χ1) is 21.1. The van der Waals surface area contributed by atoms with E-state index in [1.54, 1.807) is 0 Å². The number of nitrogens with zero attached hydrogens (tertiary/aromatic N) is 1. The fourth-order valence-corrected chi connectivity index (χ4v) is 13.8. The molecule has 13 unspecified atom stereocenters. The van der Waals surface area contributed by atoms with E-state index in [-0.39, 0.29) is 40.5 Å². The lowest BCUT2D eigenvalue weighted by molar-refractivity contribution is -0.256. The Kier molecular flexibility index (Phi) is 7.04. The summed E-state index contributed by atoms with van der Waals surface area (Å²) in [5.74, 6) is 1.99. The van der Waals surface area contributed by atoms with Gasteiger partial charge in [0, 0.05) is 17.4 Å². The number of morpholine rings is 1. The number of carbonyl (C=O) groups excluding carboxylic acids is 1. The molecule has 45 heavy (non-hydrogen) atoms. The van der Waals surface area contributed by atoms with Gasteiger partial charge < -0.3 is 24.1 Å². The summed E-state index contributed by atoms with van der Waals surface area (Å²) in [5.41, 5.74) is 0.132. The molecular weight excluding hydrogens is 566 g/mol. The predicted molar refractivity (Wildman–Crippen MR) is 171 cm³/mol. The fraction of sp³-hybridized carbons (Fsp3) is 0.974. The molecule has 254 valence electrons. The van der Waals surface area contributed by atoms with Crippen LogP contribution in [0.25, 0.3) is 0 Å². The van der Waals surface area contributed by atoms with Crippen molar-refractivity contribution in [3.63, 3.8) is 0 Å². The maximum atomic E-state index is 13.4. The number of fused-ring (bicyclic) bond motifs is 4. The van der Waals surface area contributed by atoms with E-state index in [0.717, 1.165) is 52.2 Å². The van der Waals surface area contributed by atoms with Crippen LogP contribution in [0.4, 0.5) is 0 Å². The fourth-order valence-electron chi connectivity index (χ4n) is 13.8. The third kappa shape index (κ3) is 4.06. The van der Waals surface area contributed by atoms with Crippen LogP contribution in [0, 0.1) is 56.2 Å². The minimum absolute atomic E-state index is 0.0181. The quantitative estimate of drug-likeness (QED) is 0.419. The predicted octanol–water partition coefficient (Wildman–Crippen LogP) is 5.86. The average molecular weight is 628 g/mol. The Labute approximate surface area is 271 Å². The molecule has 2 spiro atoms. The van der Waals surface area contributed by atoms with E-state index in [9.17, 15) is 9.90 Å². The van der Waals surface area contributed by atoms with Crippen molar-refractivity contribution >= 4 is 5.78 Å². The third-order valence-corrected chi connectivity index (χ3v) is 16.3. The molecule has 1 N–H and O–H groups in total. The molecule has 0 aromatic heterocycles. The second-order valence-corrected chi connectivity index (χ2v) is 19.2. The van der Waals surface area contributed by atoms with Gasteiger partial charge in [-0.25, -0.2) is 0 Å². The first kappa shape index (κ1) is 31.7. The molecule has 0 radical (unpaired) electrons. The number of ether oxygens (including phenoxy) is 4. The molecule has 0 aromatic rings. The van der Waals surface area contributed by atoms with Crippen molar-refractivity contribution in [2.75, 3.05) is 32.9 Å². The molecule has 8 fully saturated rings. The molecule has 5 aliphatic carbocycles. The Morgan fingerprint density at radius 2 is 1.69 bits per heavy atom. The summed E-state index contributed by atoms with van der Waals surface area (Å²) in [6.45, 7) is 22.5. The molecule has 7 nitrogen and oxygen atoms in total. The van der Waals surface area contributed by atoms with Crippen molar-refractivity contribution in [1.82, 2.24) is 4.90 Å². The molecule has 0 aromatic carbocycles. The minimum Gasteiger partial charge on any atom is -0.390 e. The molecule has 7 heteroatoms. The second kappa shape index (κ2) is 10.00. The summed E-state index contributed by atoms with van der Waals surface area (Å²) in [7, 11) is 0. The van der Waals surface area contributed by atoms with Crippen molar-refractivity contribution in [2.24, 2.45) is 56.2 Å². The van der Waals surface area contributed by atoms with Gasteiger partial charge in [0.1, 0.15) is 6.10 Å². The Bertz CT molecular complexity index is 1210. The van der Waals surface area contributed by atoms with Gasteiger partial charge in [-0.05, 0) is 96.7 Å². The van der Waals surface area contributed by atoms with E-state index in [1.807, 2.05) is 20.8 Å². The highest BCUT2D eigenvalue weighted by atomic mass is 16.7. The summed E-state index contributed by atoms with van der Waals surface area (Å²) in [6.07, 6.45) is 8.15. The smallest absolute Gasteiger partial charge is 0.170 e. The minimum atomic E-state index is -0.526. The molecule has 8 rings (SSSR count). The standard InChI is InChI=1S/C38H61NO6/c1-22-17-24(31(40)33(2,3)4)44-30-29(22)35(7)13-14-38-21-37(38)12-11-27(45-28-18-39(15-16-43-28)23-19-42-20-23)34(5,6)25(37)9-10-26(38)36(35,8)32(30)41/h22-30,32,41H,9-21H2,1-8H3. The Hall–Kier alpha value is -0.570. The van der Waals surface area contributed by atoms with Gasteiger partial charge in [-0.1, -0.05) is 55.4 Å². The number of aliphatic hydroxyl groups is 1. The van der Waals surface area contributed by atoms with E-state index >= 15 is 0 Å². The molecule has 3 saturated heterocycles. The van der Waals surface area contributed by atoms with Gasteiger partial charge >= 0.3 is 0 Å². The highest BCUT2D eigenvalue weighted by Crippen LogP contribution is 2.89. The lowest BCUT2D eigenvalue weighted by Gasteiger charge is -2.64. The van der Waals surface area contributed by atoms with E-state index in [2.05, 4.69) is 39.5 Å². The molecule has 8 aliphatic rings. The first-order valence-electron chi connectivity index (χ1n) is 18.6. The van der Waals surface area contributed by atoms with Crippen LogP contribution < -0.4 is 0 Å². The van der Waals surface area contributed by atoms with Crippen LogP contribution in [0.5, 0.6) is 0 Å². The van der Waals surface area contributed by atoms with E-state index < -0.39 is 17.6 Å². The summed E-state index contributed by atoms with van der Waals surface area (Å²) >= 11 is 0. The molecular formula is C38H61NO6. The normalized spacial score (nSPS) is 54.1. The van der Waals surface area contributed by atoms with Crippen LogP contribution in [-0.4, -0.2) is 85.4 Å². The maximum Gasteiger partial charge on any atom is 0.170 e. The van der Waals surface area contributed by atoms with Crippen molar-refractivity contribution in [3.8, 4) is 0 Å². The molecule has 3 aliphatic heterocycles. The van der Waals surface area contributed by atoms with Crippen LogP contribution in [0.1, 0.15) is 107 Å². The number of rotatable bonds is 4. The summed E-state index contributed by atoms with van der Waals surface area (Å²) in [4.78, 5) is 15.9. The SMILES string of the molecule is CC1CC(C(=O)C(C)(C)C)OC2C1C1(C)CCC34CC35CCC(OC3CN(C6COC6)CCO3)C(C)(C)C5CCC4C1(C)C2O. The van der Waals surface area contributed by atoms with E-state index in [1.165, 1.54) is 32.1 Å². The molecule has 0 amide bonds. The number of hydrogen-bond acceptors (Lipinski definition) is 7. The zero-order chi connectivity index (χ0) is 31.9. The maximum absolute atomic E-state index is 13.4. The van der Waals surface area contributed by atoms with Gasteiger partial charge in [-0.15, -0.1) is 0 Å². The van der Waals surface area contributed by atoms with Crippen LogP contribution in [0.3, 0.4) is 0 Å². The topological polar surface area (TPSA) is 77.5 Å². The van der Waals surface area contributed by atoms with E-state index in [4.69, 9.17) is 18.9 Å².